The average molecular weight is 294 g/mol. The highest BCUT2D eigenvalue weighted by molar-refractivity contribution is 6.31. The van der Waals surface area contributed by atoms with Crippen LogP contribution in [0.5, 0.6) is 0 Å². The molecule has 0 bridgehead atoms. The fourth-order valence-corrected chi connectivity index (χ4v) is 2.47. The molecule has 0 unspecified atom stereocenters. The second kappa shape index (κ2) is 6.37. The average Bonchev–Trinajstić information content (AvgIpc) is 2.44. The van der Waals surface area contributed by atoms with Gasteiger partial charge in [-0.15, -0.1) is 0 Å². The Hall–Kier alpha value is -1.39. The third kappa shape index (κ3) is 2.86. The number of nitrogens with one attached hydrogen (secondary N) is 1. The fraction of sp³-hybridized carbons (Fsp3) is 0.467. The van der Waals surface area contributed by atoms with Gasteiger partial charge in [0.25, 0.3) is 5.56 Å². The van der Waals surface area contributed by atoms with Gasteiger partial charge in [0.05, 0.1) is 16.9 Å². The summed E-state index contributed by atoms with van der Waals surface area (Å²) in [5.41, 5.74) is 0.654. The fourth-order valence-electron chi connectivity index (χ4n) is 2.30. The molecule has 5 heteroatoms. The molecule has 0 saturated carbocycles. The molecule has 2 aromatic rings. The van der Waals surface area contributed by atoms with Gasteiger partial charge in [0.2, 0.25) is 0 Å². The first-order chi connectivity index (χ1) is 9.58. The molecular formula is C15H20ClN3O. The van der Waals surface area contributed by atoms with Crippen LogP contribution in [0.25, 0.3) is 10.9 Å². The predicted octanol–water partition coefficient (Wildman–Crippen LogP) is 3.13. The van der Waals surface area contributed by atoms with E-state index in [0.29, 0.717) is 22.5 Å². The Morgan fingerprint density at radius 3 is 2.80 bits per heavy atom. The van der Waals surface area contributed by atoms with Crippen molar-refractivity contribution in [2.24, 2.45) is 0 Å². The summed E-state index contributed by atoms with van der Waals surface area (Å²) in [7, 11) is 0. The summed E-state index contributed by atoms with van der Waals surface area (Å²) in [4.78, 5) is 17.2. The molecule has 1 heterocycles. The van der Waals surface area contributed by atoms with Crippen molar-refractivity contribution < 1.29 is 0 Å². The molecule has 1 aromatic heterocycles. The maximum Gasteiger partial charge on any atom is 0.261 e. The highest BCUT2D eigenvalue weighted by Crippen LogP contribution is 2.17. The van der Waals surface area contributed by atoms with Crippen LogP contribution in [0.2, 0.25) is 5.02 Å². The largest absolute Gasteiger partial charge is 0.308 e. The van der Waals surface area contributed by atoms with Crippen LogP contribution in [0, 0.1) is 0 Å². The van der Waals surface area contributed by atoms with Gasteiger partial charge >= 0.3 is 0 Å². The van der Waals surface area contributed by atoms with E-state index >= 15 is 0 Å². The van der Waals surface area contributed by atoms with Crippen molar-refractivity contribution in [2.75, 3.05) is 6.54 Å². The minimum atomic E-state index is -0.00526. The van der Waals surface area contributed by atoms with Crippen LogP contribution < -0.4 is 10.9 Å². The first-order valence-electron chi connectivity index (χ1n) is 7.01. The van der Waals surface area contributed by atoms with E-state index in [0.717, 1.165) is 18.8 Å². The van der Waals surface area contributed by atoms with Gasteiger partial charge in [0, 0.05) is 11.6 Å². The molecule has 20 heavy (non-hydrogen) atoms. The number of nitrogens with zero attached hydrogens (tertiary/aromatic N) is 2. The minimum Gasteiger partial charge on any atom is -0.308 e. The lowest BCUT2D eigenvalue weighted by atomic mass is 10.2. The maximum absolute atomic E-state index is 12.5. The van der Waals surface area contributed by atoms with Crippen molar-refractivity contribution in [3.05, 3.63) is 39.4 Å². The van der Waals surface area contributed by atoms with E-state index in [2.05, 4.69) is 17.2 Å². The maximum atomic E-state index is 12.5. The van der Waals surface area contributed by atoms with E-state index in [9.17, 15) is 4.79 Å². The lowest BCUT2D eigenvalue weighted by molar-refractivity contribution is 0.504. The molecule has 2 rings (SSSR count). The van der Waals surface area contributed by atoms with Gasteiger partial charge in [-0.05, 0) is 45.0 Å². The van der Waals surface area contributed by atoms with Crippen molar-refractivity contribution in [1.29, 1.82) is 0 Å². The molecule has 0 aliphatic heterocycles. The number of fused-ring (bicyclic) bond motifs is 1. The number of hydrogen-bond acceptors (Lipinski definition) is 3. The zero-order chi connectivity index (χ0) is 14.7. The summed E-state index contributed by atoms with van der Waals surface area (Å²) < 4.78 is 1.73. The van der Waals surface area contributed by atoms with Crippen molar-refractivity contribution >= 4 is 22.5 Å². The number of halogens is 1. The predicted molar refractivity (Wildman–Crippen MR) is 83.4 cm³/mol. The monoisotopic (exact) mass is 293 g/mol. The van der Waals surface area contributed by atoms with E-state index in [1.54, 1.807) is 22.8 Å². The Morgan fingerprint density at radius 2 is 2.15 bits per heavy atom. The topological polar surface area (TPSA) is 46.9 Å². The third-order valence-corrected chi connectivity index (χ3v) is 3.59. The van der Waals surface area contributed by atoms with Crippen molar-refractivity contribution in [2.45, 2.75) is 39.8 Å². The van der Waals surface area contributed by atoms with Crippen LogP contribution in [0.15, 0.2) is 23.0 Å². The van der Waals surface area contributed by atoms with Gasteiger partial charge in [-0.3, -0.25) is 9.36 Å². The molecule has 0 radical (unpaired) electrons. The van der Waals surface area contributed by atoms with Crippen LogP contribution >= 0.6 is 11.6 Å². The zero-order valence-electron chi connectivity index (χ0n) is 12.1. The van der Waals surface area contributed by atoms with E-state index in [1.165, 1.54) is 0 Å². The molecule has 0 aliphatic carbocycles. The van der Waals surface area contributed by atoms with Crippen LogP contribution in [0.4, 0.5) is 0 Å². The molecule has 0 spiro atoms. The Balaban J connectivity index is 2.60. The standard InChI is InChI=1S/C15H20ClN3O/c1-4-8-17-10(3)14-18-13-9-11(16)6-7-12(13)15(20)19(14)5-2/h6-7,9-10,17H,4-5,8H2,1-3H3/t10-/m1/s1. The number of benzene rings is 1. The second-order valence-electron chi connectivity index (χ2n) is 4.86. The normalized spacial score (nSPS) is 12.8. The summed E-state index contributed by atoms with van der Waals surface area (Å²) in [5, 5.41) is 4.58. The van der Waals surface area contributed by atoms with Crippen molar-refractivity contribution in [3.63, 3.8) is 0 Å². The molecule has 4 nitrogen and oxygen atoms in total. The lowest BCUT2D eigenvalue weighted by Crippen LogP contribution is -2.31. The Labute approximate surface area is 123 Å². The van der Waals surface area contributed by atoms with Crippen molar-refractivity contribution in [3.8, 4) is 0 Å². The summed E-state index contributed by atoms with van der Waals surface area (Å²) in [6.45, 7) is 7.60. The van der Waals surface area contributed by atoms with Crippen LogP contribution in [-0.4, -0.2) is 16.1 Å². The summed E-state index contributed by atoms with van der Waals surface area (Å²) in [6.07, 6.45) is 1.04. The van der Waals surface area contributed by atoms with Gasteiger partial charge in [-0.2, -0.15) is 0 Å². The highest BCUT2D eigenvalue weighted by atomic mass is 35.5. The highest BCUT2D eigenvalue weighted by Gasteiger charge is 2.15. The van der Waals surface area contributed by atoms with E-state index < -0.39 is 0 Å². The molecular weight excluding hydrogens is 274 g/mol. The van der Waals surface area contributed by atoms with Gasteiger partial charge in [0.15, 0.2) is 0 Å². The summed E-state index contributed by atoms with van der Waals surface area (Å²) in [6, 6.07) is 5.25. The third-order valence-electron chi connectivity index (χ3n) is 3.35. The summed E-state index contributed by atoms with van der Waals surface area (Å²) >= 11 is 6.00. The number of hydrogen-bond donors (Lipinski definition) is 1. The molecule has 0 saturated heterocycles. The molecule has 1 aromatic carbocycles. The first kappa shape index (κ1) is 15.0. The first-order valence-corrected chi connectivity index (χ1v) is 7.39. The second-order valence-corrected chi connectivity index (χ2v) is 5.29. The Kier molecular flexibility index (Phi) is 4.78. The molecule has 0 aliphatic rings. The molecule has 108 valence electrons. The van der Waals surface area contributed by atoms with E-state index in [4.69, 9.17) is 11.6 Å². The molecule has 1 N–H and O–H groups in total. The lowest BCUT2D eigenvalue weighted by Gasteiger charge is -2.18. The molecule has 0 amide bonds. The van der Waals surface area contributed by atoms with Gasteiger partial charge in [-0.25, -0.2) is 4.98 Å². The Bertz CT molecular complexity index is 666. The number of rotatable bonds is 5. The van der Waals surface area contributed by atoms with E-state index in [1.807, 2.05) is 13.8 Å². The van der Waals surface area contributed by atoms with Gasteiger partial charge < -0.3 is 5.32 Å². The smallest absolute Gasteiger partial charge is 0.261 e. The minimum absolute atomic E-state index is 0.00526. The number of aromatic nitrogens is 2. The summed E-state index contributed by atoms with van der Waals surface area (Å²) in [5.74, 6) is 0.765. The van der Waals surface area contributed by atoms with Gasteiger partial charge in [0.1, 0.15) is 5.82 Å². The van der Waals surface area contributed by atoms with Crippen LogP contribution in [0.3, 0.4) is 0 Å². The zero-order valence-corrected chi connectivity index (χ0v) is 12.9. The van der Waals surface area contributed by atoms with Crippen LogP contribution in [0.1, 0.15) is 39.1 Å². The quantitative estimate of drug-likeness (QED) is 0.921. The van der Waals surface area contributed by atoms with Crippen LogP contribution in [-0.2, 0) is 6.54 Å². The van der Waals surface area contributed by atoms with Crippen molar-refractivity contribution in [1.82, 2.24) is 14.9 Å². The Morgan fingerprint density at radius 1 is 1.40 bits per heavy atom. The van der Waals surface area contributed by atoms with Gasteiger partial charge in [-0.1, -0.05) is 18.5 Å². The SMILES string of the molecule is CCCN[C@H](C)c1nc2cc(Cl)ccc2c(=O)n1CC. The molecule has 1 atom stereocenters. The molecule has 0 fully saturated rings. The van der Waals surface area contributed by atoms with E-state index in [-0.39, 0.29) is 11.6 Å².